The summed E-state index contributed by atoms with van der Waals surface area (Å²) < 4.78 is 23.2. The van der Waals surface area contributed by atoms with E-state index in [-0.39, 0.29) is 0 Å². The number of carbonyl (C=O) groups excluding carboxylic acids is 2. The minimum Gasteiger partial charge on any atom is -0.611 e. The molecule has 3 rings (SSSR count). The SMILES string of the molecule is CC#CC(c1ccc([S+]([O-])Cc2ccc(C)cc2)cc1)C1C(=O)OC(C)(C)OC1=O. The van der Waals surface area contributed by atoms with E-state index in [1.54, 1.807) is 31.2 Å². The predicted molar refractivity (Wildman–Crippen MR) is 114 cm³/mol. The third-order valence-electron chi connectivity index (χ3n) is 4.75. The normalized spacial score (nSPS) is 17.9. The van der Waals surface area contributed by atoms with Crippen LogP contribution in [0.4, 0.5) is 0 Å². The second kappa shape index (κ2) is 8.95. The molecule has 0 aromatic heterocycles. The molecule has 30 heavy (non-hydrogen) atoms. The summed E-state index contributed by atoms with van der Waals surface area (Å²) in [6.07, 6.45) is 0. The van der Waals surface area contributed by atoms with E-state index in [2.05, 4.69) is 11.8 Å². The molecule has 0 saturated carbocycles. The molecule has 5 nitrogen and oxygen atoms in total. The Morgan fingerprint density at radius 3 is 2.13 bits per heavy atom. The van der Waals surface area contributed by atoms with Gasteiger partial charge in [0.25, 0.3) is 5.79 Å². The van der Waals surface area contributed by atoms with Crippen molar-refractivity contribution in [1.29, 1.82) is 0 Å². The van der Waals surface area contributed by atoms with Crippen LogP contribution < -0.4 is 0 Å². The van der Waals surface area contributed by atoms with Gasteiger partial charge in [0, 0.05) is 19.4 Å². The van der Waals surface area contributed by atoms with Gasteiger partial charge in [-0.1, -0.05) is 47.9 Å². The summed E-state index contributed by atoms with van der Waals surface area (Å²) in [5.74, 6) is 1.65. The quantitative estimate of drug-likeness (QED) is 0.315. The number of carbonyl (C=O) groups is 2. The van der Waals surface area contributed by atoms with Gasteiger partial charge in [-0.15, -0.1) is 5.92 Å². The molecule has 0 aliphatic carbocycles. The second-order valence-electron chi connectivity index (χ2n) is 7.64. The number of rotatable bonds is 5. The number of hydrogen-bond donors (Lipinski definition) is 0. The lowest BCUT2D eigenvalue weighted by Gasteiger charge is -2.34. The number of benzene rings is 2. The molecule has 1 saturated heterocycles. The first-order chi connectivity index (χ1) is 14.2. The van der Waals surface area contributed by atoms with Crippen molar-refractivity contribution in [2.24, 2.45) is 5.92 Å². The lowest BCUT2D eigenvalue weighted by molar-refractivity contribution is -0.240. The van der Waals surface area contributed by atoms with E-state index >= 15 is 0 Å². The molecule has 6 heteroatoms. The third kappa shape index (κ3) is 5.05. The second-order valence-corrected chi connectivity index (χ2v) is 9.09. The number of hydrogen-bond acceptors (Lipinski definition) is 5. The molecule has 156 valence electrons. The molecule has 2 unspecified atom stereocenters. The fourth-order valence-corrected chi connectivity index (χ4v) is 4.36. The summed E-state index contributed by atoms with van der Waals surface area (Å²) in [5, 5.41) is 0. The van der Waals surface area contributed by atoms with Crippen LogP contribution >= 0.6 is 0 Å². The van der Waals surface area contributed by atoms with E-state index in [1.165, 1.54) is 13.8 Å². The van der Waals surface area contributed by atoms with Gasteiger partial charge in [0.1, 0.15) is 5.75 Å². The van der Waals surface area contributed by atoms with Crippen LogP contribution in [0.25, 0.3) is 0 Å². The average Bonchev–Trinajstić information content (AvgIpc) is 2.68. The molecule has 1 aliphatic heterocycles. The van der Waals surface area contributed by atoms with E-state index in [0.29, 0.717) is 16.2 Å². The van der Waals surface area contributed by atoms with Crippen LogP contribution in [-0.4, -0.2) is 22.3 Å². The average molecular weight is 425 g/mol. The van der Waals surface area contributed by atoms with E-state index in [1.807, 2.05) is 31.2 Å². The summed E-state index contributed by atoms with van der Waals surface area (Å²) in [7, 11) is 0. The van der Waals surface area contributed by atoms with Crippen LogP contribution in [-0.2, 0) is 36.0 Å². The maximum absolute atomic E-state index is 12.7. The topological polar surface area (TPSA) is 75.7 Å². The fourth-order valence-electron chi connectivity index (χ4n) is 3.26. The van der Waals surface area contributed by atoms with Crippen LogP contribution in [0.5, 0.6) is 0 Å². The molecule has 2 atom stereocenters. The molecule has 0 amide bonds. The van der Waals surface area contributed by atoms with E-state index in [9.17, 15) is 14.1 Å². The first-order valence-electron chi connectivity index (χ1n) is 9.62. The molecule has 1 heterocycles. The molecular weight excluding hydrogens is 400 g/mol. The highest BCUT2D eigenvalue weighted by Crippen LogP contribution is 2.33. The minimum atomic E-state index is -1.29. The van der Waals surface area contributed by atoms with Gasteiger partial charge in [-0.25, -0.2) is 0 Å². The number of ether oxygens (including phenoxy) is 2. The van der Waals surface area contributed by atoms with E-state index in [4.69, 9.17) is 9.47 Å². The van der Waals surface area contributed by atoms with Crippen molar-refractivity contribution < 1.29 is 23.6 Å². The van der Waals surface area contributed by atoms with Crippen molar-refractivity contribution in [3.05, 3.63) is 65.2 Å². The van der Waals surface area contributed by atoms with Crippen LogP contribution in [0.1, 0.15) is 43.4 Å². The lowest BCUT2D eigenvalue weighted by atomic mass is 9.85. The molecule has 0 bridgehead atoms. The maximum Gasteiger partial charge on any atom is 0.325 e. The number of esters is 2. The minimum absolute atomic E-state index is 0.411. The van der Waals surface area contributed by atoms with Gasteiger partial charge in [0.15, 0.2) is 10.8 Å². The zero-order chi connectivity index (χ0) is 21.9. The molecule has 2 aromatic carbocycles. The van der Waals surface area contributed by atoms with Gasteiger partial charge in [-0.05, 0) is 42.7 Å². The largest absolute Gasteiger partial charge is 0.611 e. The Labute approximate surface area is 180 Å². The molecule has 0 N–H and O–H groups in total. The van der Waals surface area contributed by atoms with Gasteiger partial charge in [0.05, 0.1) is 5.92 Å². The highest BCUT2D eigenvalue weighted by molar-refractivity contribution is 7.90. The monoisotopic (exact) mass is 424 g/mol. The molecule has 1 fully saturated rings. The summed E-state index contributed by atoms with van der Waals surface area (Å²) in [4.78, 5) is 25.6. The molecule has 1 aliphatic rings. The molecule has 0 spiro atoms. The maximum atomic E-state index is 12.7. The smallest absolute Gasteiger partial charge is 0.325 e. The van der Waals surface area contributed by atoms with Crippen LogP contribution in [0, 0.1) is 24.7 Å². The van der Waals surface area contributed by atoms with Gasteiger partial charge in [-0.2, -0.15) is 0 Å². The zero-order valence-corrected chi connectivity index (χ0v) is 18.2. The van der Waals surface area contributed by atoms with Crippen LogP contribution in [0.15, 0.2) is 53.4 Å². The first kappa shape index (κ1) is 21.9. The fraction of sp³-hybridized carbons (Fsp3) is 0.333. The Bertz CT molecular complexity index is 963. The van der Waals surface area contributed by atoms with Gasteiger partial charge >= 0.3 is 11.9 Å². The van der Waals surface area contributed by atoms with Crippen LogP contribution in [0.2, 0.25) is 0 Å². The van der Waals surface area contributed by atoms with Crippen molar-refractivity contribution in [3.8, 4) is 11.8 Å². The van der Waals surface area contributed by atoms with Crippen molar-refractivity contribution in [2.45, 2.75) is 50.0 Å². The Morgan fingerprint density at radius 2 is 1.60 bits per heavy atom. The molecule has 0 radical (unpaired) electrons. The zero-order valence-electron chi connectivity index (χ0n) is 17.4. The van der Waals surface area contributed by atoms with Crippen molar-refractivity contribution in [2.75, 3.05) is 0 Å². The van der Waals surface area contributed by atoms with Gasteiger partial charge in [0.2, 0.25) is 0 Å². The van der Waals surface area contributed by atoms with Crippen molar-refractivity contribution >= 4 is 23.1 Å². The summed E-state index contributed by atoms with van der Waals surface area (Å²) in [5.41, 5.74) is 2.81. The first-order valence-corrected chi connectivity index (χ1v) is 10.9. The number of aryl methyl sites for hydroxylation is 1. The van der Waals surface area contributed by atoms with Gasteiger partial charge in [-0.3, -0.25) is 9.59 Å². The van der Waals surface area contributed by atoms with Gasteiger partial charge < -0.3 is 14.0 Å². The Kier molecular flexibility index (Phi) is 6.55. The Hall–Kier alpha value is -2.75. The lowest BCUT2D eigenvalue weighted by Crippen LogP contribution is -2.48. The Balaban J connectivity index is 1.79. The number of cyclic esters (lactones) is 2. The predicted octanol–water partition coefficient (Wildman–Crippen LogP) is 3.86. The van der Waals surface area contributed by atoms with Crippen molar-refractivity contribution in [3.63, 3.8) is 0 Å². The van der Waals surface area contributed by atoms with Crippen LogP contribution in [0.3, 0.4) is 0 Å². The molecule has 2 aromatic rings. The van der Waals surface area contributed by atoms with E-state index in [0.717, 1.165) is 11.1 Å². The third-order valence-corrected chi connectivity index (χ3v) is 6.15. The summed E-state index contributed by atoms with van der Waals surface area (Å²) in [6, 6.07) is 14.9. The van der Waals surface area contributed by atoms with Crippen molar-refractivity contribution in [1.82, 2.24) is 0 Å². The standard InChI is InChI=1S/C24H24O5S/c1-5-6-20(21-22(25)28-24(3,4)29-23(21)26)18-11-13-19(14-12-18)30(27)15-17-9-7-16(2)8-10-17/h7-14,20-21H,15H2,1-4H3. The van der Waals surface area contributed by atoms with E-state index < -0.39 is 40.7 Å². The highest BCUT2D eigenvalue weighted by atomic mass is 32.2. The summed E-state index contributed by atoms with van der Waals surface area (Å²) in [6.45, 7) is 6.67. The summed E-state index contributed by atoms with van der Waals surface area (Å²) >= 11 is -1.21. The highest BCUT2D eigenvalue weighted by Gasteiger charge is 2.47. The molecular formula is C24H24O5S. The Morgan fingerprint density at radius 1 is 1.03 bits per heavy atom.